The van der Waals surface area contributed by atoms with Crippen LogP contribution in [0.4, 0.5) is 13.6 Å². The normalized spacial score (nSPS) is 18.0. The van der Waals surface area contributed by atoms with Gasteiger partial charge in [0, 0.05) is 31.7 Å². The molecule has 5 nitrogen and oxygen atoms in total. The zero-order chi connectivity index (χ0) is 16.8. The van der Waals surface area contributed by atoms with Crippen molar-refractivity contribution < 1.29 is 18.3 Å². The quantitative estimate of drug-likeness (QED) is 0.841. The van der Waals surface area contributed by atoms with E-state index in [9.17, 15) is 13.6 Å². The molecular weight excluding hydrogens is 304 g/mol. The summed E-state index contributed by atoms with van der Waals surface area (Å²) in [4.78, 5) is 13.4. The first kappa shape index (κ1) is 17.5. The average molecular weight is 327 g/mol. The number of rotatable bonds is 6. The van der Waals surface area contributed by atoms with Crippen LogP contribution in [0, 0.1) is 17.6 Å². The van der Waals surface area contributed by atoms with Crippen LogP contribution < -0.4 is 15.4 Å². The number of hydrogen-bond acceptors (Lipinski definition) is 3. The van der Waals surface area contributed by atoms with Crippen LogP contribution in [0.2, 0.25) is 0 Å². The number of carbonyl (C=O) groups excluding carboxylic acids is 1. The van der Waals surface area contributed by atoms with E-state index in [-0.39, 0.29) is 11.8 Å². The number of carbonyl (C=O) groups is 1. The monoisotopic (exact) mass is 327 g/mol. The van der Waals surface area contributed by atoms with Crippen LogP contribution in [-0.4, -0.2) is 44.2 Å². The molecular formula is C16H23F2N3O2. The molecule has 2 rings (SSSR count). The van der Waals surface area contributed by atoms with Crippen molar-refractivity contribution in [2.24, 2.45) is 5.92 Å². The van der Waals surface area contributed by atoms with Gasteiger partial charge in [0.05, 0.1) is 7.11 Å². The molecule has 0 saturated carbocycles. The summed E-state index contributed by atoms with van der Waals surface area (Å²) in [5.74, 6) is -1.56. The maximum atomic E-state index is 14.0. The van der Waals surface area contributed by atoms with E-state index in [1.807, 2.05) is 6.92 Å². The minimum atomic E-state index is -0.946. The molecule has 1 aliphatic heterocycles. The highest BCUT2D eigenvalue weighted by Crippen LogP contribution is 2.25. The Labute approximate surface area is 135 Å². The molecule has 0 aromatic heterocycles. The number of halogens is 2. The zero-order valence-electron chi connectivity index (χ0n) is 13.5. The Morgan fingerprint density at radius 3 is 2.83 bits per heavy atom. The number of nitrogens with zero attached hydrogens (tertiary/aromatic N) is 1. The third-order valence-electron chi connectivity index (χ3n) is 4.00. The van der Waals surface area contributed by atoms with Gasteiger partial charge in [0.2, 0.25) is 5.82 Å². The lowest BCUT2D eigenvalue weighted by molar-refractivity contribution is 0.239. The molecule has 2 N–H and O–H groups in total. The molecule has 1 aliphatic rings. The molecule has 0 bridgehead atoms. The molecule has 7 heteroatoms. The van der Waals surface area contributed by atoms with Crippen LogP contribution in [0.5, 0.6) is 5.75 Å². The van der Waals surface area contributed by atoms with E-state index < -0.39 is 11.6 Å². The molecule has 23 heavy (non-hydrogen) atoms. The van der Waals surface area contributed by atoms with E-state index in [1.54, 1.807) is 6.07 Å². The second kappa shape index (κ2) is 8.10. The Morgan fingerprint density at radius 2 is 2.13 bits per heavy atom. The molecule has 1 atom stereocenters. The fourth-order valence-electron chi connectivity index (χ4n) is 2.78. The number of nitrogens with one attached hydrogen (secondary N) is 2. The van der Waals surface area contributed by atoms with E-state index in [1.165, 1.54) is 13.2 Å². The predicted octanol–water partition coefficient (Wildman–Crippen LogP) is 2.11. The first-order valence-corrected chi connectivity index (χ1v) is 7.80. The molecule has 0 spiro atoms. The molecule has 1 aromatic carbocycles. The molecule has 1 heterocycles. The van der Waals surface area contributed by atoms with Gasteiger partial charge in [-0.25, -0.2) is 9.18 Å². The van der Waals surface area contributed by atoms with E-state index in [0.29, 0.717) is 31.1 Å². The second-order valence-corrected chi connectivity index (χ2v) is 5.69. The summed E-state index contributed by atoms with van der Waals surface area (Å²) in [5, 5.41) is 5.50. The van der Waals surface area contributed by atoms with E-state index in [0.717, 1.165) is 19.5 Å². The Bertz CT molecular complexity index is 554. The maximum absolute atomic E-state index is 14.0. The van der Waals surface area contributed by atoms with Gasteiger partial charge in [-0.05, 0) is 31.9 Å². The third-order valence-corrected chi connectivity index (χ3v) is 4.00. The van der Waals surface area contributed by atoms with Crippen molar-refractivity contribution >= 4 is 6.03 Å². The molecule has 1 fully saturated rings. The molecule has 1 aromatic rings. The van der Waals surface area contributed by atoms with Crippen LogP contribution in [0.25, 0.3) is 0 Å². The summed E-state index contributed by atoms with van der Waals surface area (Å²) in [6.07, 6.45) is 0.923. The number of urea groups is 1. The van der Waals surface area contributed by atoms with Crippen molar-refractivity contribution in [3.63, 3.8) is 0 Å². The first-order chi connectivity index (χ1) is 11.0. The number of methoxy groups -OCH3 is 1. The summed E-state index contributed by atoms with van der Waals surface area (Å²) >= 11 is 0. The minimum Gasteiger partial charge on any atom is -0.494 e. The molecule has 0 radical (unpaired) electrons. The van der Waals surface area contributed by atoms with Crippen molar-refractivity contribution in [3.8, 4) is 5.75 Å². The van der Waals surface area contributed by atoms with Gasteiger partial charge in [0.1, 0.15) is 0 Å². The highest BCUT2D eigenvalue weighted by Gasteiger charge is 2.24. The van der Waals surface area contributed by atoms with Gasteiger partial charge in [0.25, 0.3) is 0 Å². The number of hydrogen-bond donors (Lipinski definition) is 2. The summed E-state index contributed by atoms with van der Waals surface area (Å²) < 4.78 is 32.5. The first-order valence-electron chi connectivity index (χ1n) is 7.80. The Hall–Kier alpha value is -1.89. The van der Waals surface area contributed by atoms with E-state index in [4.69, 9.17) is 4.74 Å². The van der Waals surface area contributed by atoms with E-state index in [2.05, 4.69) is 15.5 Å². The molecule has 1 saturated heterocycles. The van der Waals surface area contributed by atoms with Gasteiger partial charge in [-0.3, -0.25) is 4.90 Å². The lowest BCUT2D eigenvalue weighted by atomic mass is 10.1. The smallest absolute Gasteiger partial charge is 0.314 e. The maximum Gasteiger partial charge on any atom is 0.314 e. The fourth-order valence-corrected chi connectivity index (χ4v) is 2.78. The largest absolute Gasteiger partial charge is 0.494 e. The molecule has 0 aliphatic carbocycles. The summed E-state index contributed by atoms with van der Waals surface area (Å²) in [6, 6.07) is 2.82. The Kier molecular flexibility index (Phi) is 6.15. The average Bonchev–Trinajstić information content (AvgIpc) is 2.98. The SMILES string of the molecule is CCNC(=O)NC[C@H]1CCN(Cc2ccc(OC)c(F)c2F)C1. The Morgan fingerprint density at radius 1 is 1.35 bits per heavy atom. The summed E-state index contributed by atoms with van der Waals surface area (Å²) in [5.41, 5.74) is 0.320. The van der Waals surface area contributed by atoms with Crippen molar-refractivity contribution in [2.45, 2.75) is 19.9 Å². The number of likely N-dealkylation sites (tertiary alicyclic amines) is 1. The van der Waals surface area contributed by atoms with Gasteiger partial charge in [-0.2, -0.15) is 4.39 Å². The van der Waals surface area contributed by atoms with Gasteiger partial charge in [0.15, 0.2) is 11.6 Å². The van der Waals surface area contributed by atoms with Gasteiger partial charge in [-0.1, -0.05) is 6.07 Å². The van der Waals surface area contributed by atoms with Crippen molar-refractivity contribution in [3.05, 3.63) is 29.3 Å². The lowest BCUT2D eigenvalue weighted by Gasteiger charge is -2.17. The van der Waals surface area contributed by atoms with Crippen LogP contribution in [-0.2, 0) is 6.54 Å². The predicted molar refractivity (Wildman–Crippen MR) is 83.4 cm³/mol. The summed E-state index contributed by atoms with van der Waals surface area (Å²) in [6.45, 7) is 4.94. The van der Waals surface area contributed by atoms with Crippen molar-refractivity contribution in [1.29, 1.82) is 0 Å². The molecule has 2 amide bonds. The zero-order valence-corrected chi connectivity index (χ0v) is 13.5. The minimum absolute atomic E-state index is 0.0864. The standard InChI is InChI=1S/C16H23F2N3O2/c1-3-19-16(22)20-8-11-6-7-21(9-11)10-12-4-5-13(23-2)15(18)14(12)17/h4-5,11H,3,6-10H2,1-2H3,(H2,19,20,22)/t11-/m1/s1. The highest BCUT2D eigenvalue weighted by molar-refractivity contribution is 5.73. The van der Waals surface area contributed by atoms with Crippen molar-refractivity contribution in [2.75, 3.05) is 33.3 Å². The van der Waals surface area contributed by atoms with Gasteiger partial charge >= 0.3 is 6.03 Å². The Balaban J connectivity index is 1.86. The van der Waals surface area contributed by atoms with E-state index >= 15 is 0 Å². The lowest BCUT2D eigenvalue weighted by Crippen LogP contribution is -2.38. The second-order valence-electron chi connectivity index (χ2n) is 5.69. The fraction of sp³-hybridized carbons (Fsp3) is 0.562. The molecule has 128 valence electrons. The number of ether oxygens (including phenoxy) is 1. The number of benzene rings is 1. The highest BCUT2D eigenvalue weighted by atomic mass is 19.2. The van der Waals surface area contributed by atoms with Gasteiger partial charge in [-0.15, -0.1) is 0 Å². The van der Waals surface area contributed by atoms with Crippen LogP contribution in [0.3, 0.4) is 0 Å². The van der Waals surface area contributed by atoms with Crippen LogP contribution in [0.15, 0.2) is 12.1 Å². The van der Waals surface area contributed by atoms with Gasteiger partial charge < -0.3 is 15.4 Å². The van der Waals surface area contributed by atoms with Crippen LogP contribution in [0.1, 0.15) is 18.9 Å². The van der Waals surface area contributed by atoms with Crippen molar-refractivity contribution in [1.82, 2.24) is 15.5 Å². The summed E-state index contributed by atoms with van der Waals surface area (Å²) in [7, 11) is 1.31. The number of amides is 2. The topological polar surface area (TPSA) is 53.6 Å². The third kappa shape index (κ3) is 4.54. The van der Waals surface area contributed by atoms with Crippen LogP contribution >= 0.6 is 0 Å². The molecule has 0 unspecified atom stereocenters.